The predicted octanol–water partition coefficient (Wildman–Crippen LogP) is 2.89. The summed E-state index contributed by atoms with van der Waals surface area (Å²) in [4.78, 5) is 12.4. The highest BCUT2D eigenvalue weighted by Gasteiger charge is 2.40. The third-order valence-corrected chi connectivity index (χ3v) is 4.56. The second-order valence-electron chi connectivity index (χ2n) is 6.06. The number of nitrogens with one attached hydrogen (secondary N) is 1. The van der Waals surface area contributed by atoms with Gasteiger partial charge < -0.3 is 10.1 Å². The maximum Gasteiger partial charge on any atom is 0.313 e. The summed E-state index contributed by atoms with van der Waals surface area (Å²) in [5, 5.41) is 3.37. The van der Waals surface area contributed by atoms with Crippen LogP contribution in [0.2, 0.25) is 0 Å². The number of ether oxygens (including phenoxy) is 1. The number of piperidine rings is 1. The van der Waals surface area contributed by atoms with Crippen molar-refractivity contribution in [3.8, 4) is 0 Å². The summed E-state index contributed by atoms with van der Waals surface area (Å²) < 4.78 is 5.64. The molecule has 3 nitrogen and oxygen atoms in total. The van der Waals surface area contributed by atoms with Gasteiger partial charge in [0, 0.05) is 6.54 Å². The molecule has 0 bridgehead atoms. The Labute approximate surface area is 111 Å². The van der Waals surface area contributed by atoms with Crippen molar-refractivity contribution < 1.29 is 9.53 Å². The van der Waals surface area contributed by atoms with E-state index in [4.69, 9.17) is 4.74 Å². The molecule has 1 saturated carbocycles. The maximum atomic E-state index is 12.4. The first-order valence-corrected chi connectivity index (χ1v) is 7.65. The second kappa shape index (κ2) is 6.55. The van der Waals surface area contributed by atoms with Crippen LogP contribution in [0.3, 0.4) is 0 Å². The van der Waals surface area contributed by atoms with Crippen LogP contribution in [-0.4, -0.2) is 25.7 Å². The van der Waals surface area contributed by atoms with E-state index in [0.29, 0.717) is 12.5 Å². The van der Waals surface area contributed by atoms with Crippen molar-refractivity contribution in [3.05, 3.63) is 0 Å². The smallest absolute Gasteiger partial charge is 0.313 e. The lowest BCUT2D eigenvalue weighted by Crippen LogP contribution is -2.46. The largest absolute Gasteiger partial charge is 0.465 e. The molecular weight excluding hydrogens is 226 g/mol. The standard InChI is InChI=1S/C15H27NO2/c1-2-8-15(9-5-10-16-12-15)14(17)18-11-13-6-3-4-7-13/h13,16H,2-12H2,1H3. The van der Waals surface area contributed by atoms with E-state index in [9.17, 15) is 4.79 Å². The molecule has 104 valence electrons. The molecule has 0 radical (unpaired) electrons. The van der Waals surface area contributed by atoms with Gasteiger partial charge in [-0.2, -0.15) is 0 Å². The Hall–Kier alpha value is -0.570. The van der Waals surface area contributed by atoms with Crippen LogP contribution >= 0.6 is 0 Å². The van der Waals surface area contributed by atoms with Crippen LogP contribution in [0, 0.1) is 11.3 Å². The van der Waals surface area contributed by atoms with Gasteiger partial charge in [-0.15, -0.1) is 0 Å². The summed E-state index contributed by atoms with van der Waals surface area (Å²) >= 11 is 0. The fourth-order valence-electron chi connectivity index (χ4n) is 3.46. The molecule has 1 saturated heterocycles. The third kappa shape index (κ3) is 3.25. The molecule has 1 N–H and O–H groups in total. The Bertz CT molecular complexity index is 260. The van der Waals surface area contributed by atoms with Crippen molar-refractivity contribution in [1.82, 2.24) is 5.32 Å². The van der Waals surface area contributed by atoms with Gasteiger partial charge in [-0.3, -0.25) is 4.79 Å². The molecule has 2 rings (SSSR count). The Kier molecular flexibility index (Phi) is 5.04. The van der Waals surface area contributed by atoms with Crippen molar-refractivity contribution >= 4 is 5.97 Å². The van der Waals surface area contributed by atoms with Gasteiger partial charge in [0.1, 0.15) is 0 Å². The summed E-state index contributed by atoms with van der Waals surface area (Å²) in [5.41, 5.74) is -0.231. The fourth-order valence-corrected chi connectivity index (χ4v) is 3.46. The van der Waals surface area contributed by atoms with E-state index in [-0.39, 0.29) is 11.4 Å². The average Bonchev–Trinajstić information content (AvgIpc) is 2.90. The van der Waals surface area contributed by atoms with E-state index in [1.54, 1.807) is 0 Å². The van der Waals surface area contributed by atoms with E-state index < -0.39 is 0 Å². The van der Waals surface area contributed by atoms with Gasteiger partial charge in [0.25, 0.3) is 0 Å². The number of hydrogen-bond donors (Lipinski definition) is 1. The third-order valence-electron chi connectivity index (χ3n) is 4.56. The highest BCUT2D eigenvalue weighted by Crippen LogP contribution is 2.34. The summed E-state index contributed by atoms with van der Waals surface area (Å²) in [6, 6.07) is 0. The molecule has 2 aliphatic rings. The number of hydrogen-bond acceptors (Lipinski definition) is 3. The normalized spacial score (nSPS) is 29.4. The first kappa shape index (κ1) is 13.9. The van der Waals surface area contributed by atoms with Gasteiger partial charge >= 0.3 is 5.97 Å². The Morgan fingerprint density at radius 1 is 1.33 bits per heavy atom. The molecule has 1 atom stereocenters. The SMILES string of the molecule is CCCC1(C(=O)OCC2CCCC2)CCCNC1. The molecule has 1 aliphatic carbocycles. The van der Waals surface area contributed by atoms with Crippen LogP contribution in [0.5, 0.6) is 0 Å². The second-order valence-corrected chi connectivity index (χ2v) is 6.06. The highest BCUT2D eigenvalue weighted by atomic mass is 16.5. The maximum absolute atomic E-state index is 12.4. The van der Waals surface area contributed by atoms with Crippen LogP contribution in [0.1, 0.15) is 58.3 Å². The van der Waals surface area contributed by atoms with Crippen LogP contribution < -0.4 is 5.32 Å². The van der Waals surface area contributed by atoms with Gasteiger partial charge in [-0.1, -0.05) is 26.2 Å². The van der Waals surface area contributed by atoms with E-state index in [2.05, 4.69) is 12.2 Å². The van der Waals surface area contributed by atoms with E-state index in [1.165, 1.54) is 25.7 Å². The van der Waals surface area contributed by atoms with Gasteiger partial charge in [0.15, 0.2) is 0 Å². The zero-order valence-corrected chi connectivity index (χ0v) is 11.7. The van der Waals surface area contributed by atoms with Crippen molar-refractivity contribution in [2.45, 2.75) is 58.3 Å². The Morgan fingerprint density at radius 3 is 2.72 bits per heavy atom. The first-order valence-electron chi connectivity index (χ1n) is 7.65. The summed E-state index contributed by atoms with van der Waals surface area (Å²) in [5.74, 6) is 0.688. The molecule has 1 heterocycles. The molecule has 0 aromatic carbocycles. The fraction of sp³-hybridized carbons (Fsp3) is 0.933. The molecular formula is C15H27NO2. The van der Waals surface area contributed by atoms with Crippen LogP contribution in [0.15, 0.2) is 0 Å². The lowest BCUT2D eigenvalue weighted by molar-refractivity contribution is -0.159. The van der Waals surface area contributed by atoms with Crippen molar-refractivity contribution in [2.24, 2.45) is 11.3 Å². The van der Waals surface area contributed by atoms with E-state index >= 15 is 0 Å². The van der Waals surface area contributed by atoms with E-state index in [0.717, 1.165) is 38.8 Å². The zero-order valence-electron chi connectivity index (χ0n) is 11.7. The van der Waals surface area contributed by atoms with E-state index in [1.807, 2.05) is 0 Å². The minimum absolute atomic E-state index is 0.0588. The van der Waals surface area contributed by atoms with Crippen molar-refractivity contribution in [3.63, 3.8) is 0 Å². The van der Waals surface area contributed by atoms with Gasteiger partial charge in [0.2, 0.25) is 0 Å². The van der Waals surface area contributed by atoms with Gasteiger partial charge in [0.05, 0.1) is 12.0 Å². The molecule has 3 heteroatoms. The van der Waals surface area contributed by atoms with Gasteiger partial charge in [-0.25, -0.2) is 0 Å². The molecule has 1 unspecified atom stereocenters. The topological polar surface area (TPSA) is 38.3 Å². The molecule has 0 amide bonds. The Balaban J connectivity index is 1.86. The van der Waals surface area contributed by atoms with Gasteiger partial charge in [-0.05, 0) is 44.6 Å². The Morgan fingerprint density at radius 2 is 2.11 bits per heavy atom. The van der Waals surface area contributed by atoms with Crippen LogP contribution in [0.25, 0.3) is 0 Å². The predicted molar refractivity (Wildman–Crippen MR) is 72.4 cm³/mol. The molecule has 0 aromatic rings. The number of rotatable bonds is 5. The monoisotopic (exact) mass is 253 g/mol. The summed E-state index contributed by atoms with van der Waals surface area (Å²) in [7, 11) is 0. The molecule has 0 aromatic heterocycles. The number of carbonyl (C=O) groups excluding carboxylic acids is 1. The van der Waals surface area contributed by atoms with Crippen LogP contribution in [0.4, 0.5) is 0 Å². The van der Waals surface area contributed by atoms with Crippen LogP contribution in [-0.2, 0) is 9.53 Å². The summed E-state index contributed by atoms with van der Waals surface area (Å²) in [6.45, 7) is 4.66. The lowest BCUT2D eigenvalue weighted by atomic mass is 9.77. The quantitative estimate of drug-likeness (QED) is 0.766. The molecule has 0 spiro atoms. The first-order chi connectivity index (χ1) is 8.77. The summed E-state index contributed by atoms with van der Waals surface area (Å²) in [6.07, 6.45) is 9.21. The lowest BCUT2D eigenvalue weighted by Gasteiger charge is -2.35. The minimum Gasteiger partial charge on any atom is -0.465 e. The zero-order chi connectivity index (χ0) is 12.8. The molecule has 2 fully saturated rings. The number of carbonyl (C=O) groups is 1. The number of esters is 1. The minimum atomic E-state index is -0.231. The van der Waals surface area contributed by atoms with Crippen molar-refractivity contribution in [1.29, 1.82) is 0 Å². The molecule has 1 aliphatic heterocycles. The average molecular weight is 253 g/mol. The van der Waals surface area contributed by atoms with Crippen molar-refractivity contribution in [2.75, 3.05) is 19.7 Å². The highest BCUT2D eigenvalue weighted by molar-refractivity contribution is 5.77. The molecule has 18 heavy (non-hydrogen) atoms.